The van der Waals surface area contributed by atoms with E-state index in [-0.39, 0.29) is 6.10 Å². The molecule has 1 aromatic heterocycles. The second-order valence-electron chi connectivity index (χ2n) is 6.12. The van der Waals surface area contributed by atoms with Gasteiger partial charge in [0.25, 0.3) is 0 Å². The third kappa shape index (κ3) is 8.05. The summed E-state index contributed by atoms with van der Waals surface area (Å²) < 4.78 is 5.75. The molecule has 0 saturated heterocycles. The molecule has 1 rings (SSSR count). The third-order valence-corrected chi connectivity index (χ3v) is 3.58. The molecule has 0 aliphatic carbocycles. The number of hydrogen-bond acceptors (Lipinski definition) is 3. The van der Waals surface area contributed by atoms with Gasteiger partial charge in [-0.05, 0) is 33.3 Å². The first-order chi connectivity index (χ1) is 10.1. The lowest BCUT2D eigenvalue weighted by Crippen LogP contribution is -2.26. The number of aromatic nitrogens is 1. The molecule has 0 aromatic carbocycles. The van der Waals surface area contributed by atoms with Crippen LogP contribution < -0.4 is 10.1 Å². The Balaban J connectivity index is 2.30. The average molecular weight is 292 g/mol. The van der Waals surface area contributed by atoms with Gasteiger partial charge in [0.1, 0.15) is 0 Å². The zero-order valence-electron chi connectivity index (χ0n) is 14.2. The van der Waals surface area contributed by atoms with Crippen molar-refractivity contribution in [3.63, 3.8) is 0 Å². The van der Waals surface area contributed by atoms with Gasteiger partial charge in [0.05, 0.1) is 6.10 Å². The van der Waals surface area contributed by atoms with Crippen LogP contribution in [0.2, 0.25) is 0 Å². The van der Waals surface area contributed by atoms with Crippen LogP contribution in [-0.4, -0.2) is 17.1 Å². The standard InChI is InChI=1S/C18H32N2O/c1-5-6-7-8-9-11-16(4)20-14-17-12-10-13-19-18(17)21-15(2)3/h10,12-13,15-16,20H,5-9,11,14H2,1-4H3. The molecule has 1 aromatic rings. The number of nitrogens with one attached hydrogen (secondary N) is 1. The van der Waals surface area contributed by atoms with Crippen molar-refractivity contribution in [2.75, 3.05) is 0 Å². The molecule has 0 saturated carbocycles. The first-order valence-corrected chi connectivity index (χ1v) is 8.47. The van der Waals surface area contributed by atoms with Crippen LogP contribution in [-0.2, 0) is 6.54 Å². The largest absolute Gasteiger partial charge is 0.475 e. The minimum atomic E-state index is 0.162. The fourth-order valence-electron chi connectivity index (χ4n) is 2.33. The van der Waals surface area contributed by atoms with Crippen molar-refractivity contribution < 1.29 is 4.74 Å². The Morgan fingerprint density at radius 2 is 1.90 bits per heavy atom. The molecule has 3 heteroatoms. The van der Waals surface area contributed by atoms with E-state index in [0.717, 1.165) is 18.0 Å². The van der Waals surface area contributed by atoms with Crippen molar-refractivity contribution >= 4 is 0 Å². The molecule has 0 bridgehead atoms. The van der Waals surface area contributed by atoms with Crippen LogP contribution in [0.5, 0.6) is 5.88 Å². The minimum absolute atomic E-state index is 0.162. The molecule has 3 nitrogen and oxygen atoms in total. The van der Waals surface area contributed by atoms with Crippen LogP contribution in [0.4, 0.5) is 0 Å². The maximum atomic E-state index is 5.75. The Bertz CT molecular complexity index is 379. The molecule has 1 N–H and O–H groups in total. The van der Waals surface area contributed by atoms with E-state index in [4.69, 9.17) is 4.74 Å². The highest BCUT2D eigenvalue weighted by Crippen LogP contribution is 2.16. The second kappa shape index (κ2) is 10.6. The molecule has 0 amide bonds. The quantitative estimate of drug-likeness (QED) is 0.600. The highest BCUT2D eigenvalue weighted by atomic mass is 16.5. The van der Waals surface area contributed by atoms with Crippen LogP contribution >= 0.6 is 0 Å². The summed E-state index contributed by atoms with van der Waals surface area (Å²) in [6, 6.07) is 4.60. The number of hydrogen-bond donors (Lipinski definition) is 1. The van der Waals surface area contributed by atoms with Gasteiger partial charge in [-0.15, -0.1) is 0 Å². The predicted molar refractivity (Wildman–Crippen MR) is 89.7 cm³/mol. The molecule has 120 valence electrons. The smallest absolute Gasteiger partial charge is 0.218 e. The van der Waals surface area contributed by atoms with Crippen molar-refractivity contribution in [1.29, 1.82) is 0 Å². The maximum Gasteiger partial charge on any atom is 0.218 e. The Kier molecular flexibility index (Phi) is 9.07. The topological polar surface area (TPSA) is 34.2 Å². The Hall–Kier alpha value is -1.09. The molecule has 0 fully saturated rings. The van der Waals surface area contributed by atoms with Gasteiger partial charge in [-0.25, -0.2) is 4.98 Å². The number of nitrogens with zero attached hydrogens (tertiary/aromatic N) is 1. The van der Waals surface area contributed by atoms with Gasteiger partial charge in [0, 0.05) is 24.3 Å². The van der Waals surface area contributed by atoms with E-state index in [0.29, 0.717) is 6.04 Å². The lowest BCUT2D eigenvalue weighted by atomic mass is 10.1. The lowest BCUT2D eigenvalue weighted by molar-refractivity contribution is 0.229. The van der Waals surface area contributed by atoms with Crippen molar-refractivity contribution in [2.24, 2.45) is 0 Å². The van der Waals surface area contributed by atoms with E-state index in [1.807, 2.05) is 19.9 Å². The monoisotopic (exact) mass is 292 g/mol. The Morgan fingerprint density at radius 3 is 2.62 bits per heavy atom. The van der Waals surface area contributed by atoms with Gasteiger partial charge >= 0.3 is 0 Å². The highest BCUT2D eigenvalue weighted by molar-refractivity contribution is 5.25. The molecule has 21 heavy (non-hydrogen) atoms. The summed E-state index contributed by atoms with van der Waals surface area (Å²) in [5, 5.41) is 3.58. The van der Waals surface area contributed by atoms with Gasteiger partial charge in [0.15, 0.2) is 0 Å². The van der Waals surface area contributed by atoms with Crippen LogP contribution in [0.1, 0.15) is 71.8 Å². The summed E-state index contributed by atoms with van der Waals surface area (Å²) in [4.78, 5) is 4.33. The fourth-order valence-corrected chi connectivity index (χ4v) is 2.33. The zero-order chi connectivity index (χ0) is 15.5. The predicted octanol–water partition coefficient (Wildman–Crippen LogP) is 4.71. The van der Waals surface area contributed by atoms with E-state index in [9.17, 15) is 0 Å². The summed E-state index contributed by atoms with van der Waals surface area (Å²) in [6.07, 6.45) is 9.92. The van der Waals surface area contributed by atoms with E-state index in [1.165, 1.54) is 38.5 Å². The van der Waals surface area contributed by atoms with Crippen LogP contribution in [0.25, 0.3) is 0 Å². The van der Waals surface area contributed by atoms with Crippen molar-refractivity contribution in [2.45, 2.75) is 84.9 Å². The summed E-state index contributed by atoms with van der Waals surface area (Å²) in [5.41, 5.74) is 1.14. The molecule has 1 heterocycles. The van der Waals surface area contributed by atoms with Crippen molar-refractivity contribution in [1.82, 2.24) is 10.3 Å². The average Bonchev–Trinajstić information content (AvgIpc) is 2.45. The van der Waals surface area contributed by atoms with Gasteiger partial charge in [-0.2, -0.15) is 0 Å². The van der Waals surface area contributed by atoms with Crippen LogP contribution in [0.3, 0.4) is 0 Å². The van der Waals surface area contributed by atoms with Gasteiger partial charge in [-0.1, -0.05) is 45.1 Å². The molecule has 1 atom stereocenters. The van der Waals surface area contributed by atoms with Crippen LogP contribution in [0, 0.1) is 0 Å². The SMILES string of the molecule is CCCCCCCC(C)NCc1cccnc1OC(C)C. The Labute approximate surface area is 130 Å². The summed E-state index contributed by atoms with van der Waals surface area (Å²) in [6.45, 7) is 9.41. The fraction of sp³-hybridized carbons (Fsp3) is 0.722. The first-order valence-electron chi connectivity index (χ1n) is 8.47. The lowest BCUT2D eigenvalue weighted by Gasteiger charge is -2.16. The minimum Gasteiger partial charge on any atom is -0.475 e. The number of pyridine rings is 1. The Morgan fingerprint density at radius 1 is 1.14 bits per heavy atom. The number of unbranched alkanes of at least 4 members (excludes halogenated alkanes) is 4. The molecular weight excluding hydrogens is 260 g/mol. The van der Waals surface area contributed by atoms with Gasteiger partial charge in [-0.3, -0.25) is 0 Å². The van der Waals surface area contributed by atoms with Crippen LogP contribution in [0.15, 0.2) is 18.3 Å². The first kappa shape index (κ1) is 18.0. The van der Waals surface area contributed by atoms with E-state index in [1.54, 1.807) is 6.20 Å². The molecule has 0 radical (unpaired) electrons. The van der Waals surface area contributed by atoms with E-state index < -0.39 is 0 Å². The maximum absolute atomic E-state index is 5.75. The van der Waals surface area contributed by atoms with Gasteiger partial charge < -0.3 is 10.1 Å². The summed E-state index contributed by atoms with van der Waals surface area (Å²) >= 11 is 0. The van der Waals surface area contributed by atoms with Crippen molar-refractivity contribution in [3.8, 4) is 5.88 Å². The normalized spacial score (nSPS) is 12.6. The highest BCUT2D eigenvalue weighted by Gasteiger charge is 2.08. The van der Waals surface area contributed by atoms with E-state index >= 15 is 0 Å². The van der Waals surface area contributed by atoms with Gasteiger partial charge in [0.2, 0.25) is 5.88 Å². The molecule has 0 aliphatic rings. The molecular formula is C18H32N2O. The van der Waals surface area contributed by atoms with Crippen molar-refractivity contribution in [3.05, 3.63) is 23.9 Å². The molecule has 0 spiro atoms. The zero-order valence-corrected chi connectivity index (χ0v) is 14.2. The van der Waals surface area contributed by atoms with E-state index in [2.05, 4.69) is 30.2 Å². The summed E-state index contributed by atoms with van der Waals surface area (Å²) in [7, 11) is 0. The molecule has 0 aliphatic heterocycles. The second-order valence-corrected chi connectivity index (χ2v) is 6.12. The number of ether oxygens (including phenoxy) is 1. The number of rotatable bonds is 11. The summed E-state index contributed by atoms with van der Waals surface area (Å²) in [5.74, 6) is 0.759. The molecule has 1 unspecified atom stereocenters. The third-order valence-electron chi connectivity index (χ3n) is 3.58.